The summed E-state index contributed by atoms with van der Waals surface area (Å²) in [4.78, 5) is 0. The van der Waals surface area contributed by atoms with Crippen molar-refractivity contribution in [1.82, 2.24) is 0 Å². The van der Waals surface area contributed by atoms with Gasteiger partial charge in [-0.1, -0.05) is 6.58 Å². The van der Waals surface area contributed by atoms with E-state index in [0.717, 1.165) is 6.61 Å². The first-order valence-corrected chi connectivity index (χ1v) is 3.66. The molecule has 9 heavy (non-hydrogen) atoms. The highest BCUT2D eigenvalue weighted by Gasteiger charge is 2.47. The molecule has 1 heteroatoms. The van der Waals surface area contributed by atoms with Crippen LogP contribution in [0.5, 0.6) is 0 Å². The molecule has 2 aliphatic rings. The second-order valence-electron chi connectivity index (χ2n) is 3.09. The topological polar surface area (TPSA) is 12.5 Å². The zero-order valence-electron chi connectivity index (χ0n) is 5.65. The Morgan fingerprint density at radius 1 is 1.44 bits per heavy atom. The lowest BCUT2D eigenvalue weighted by molar-refractivity contribution is 0.294. The van der Waals surface area contributed by atoms with Crippen LogP contribution in [0.1, 0.15) is 25.7 Å². The van der Waals surface area contributed by atoms with Crippen LogP contribution in [0.2, 0.25) is 0 Å². The lowest BCUT2D eigenvalue weighted by Gasteiger charge is -2.19. The molecule has 2 fully saturated rings. The molecule has 0 aromatic heterocycles. The van der Waals surface area contributed by atoms with Gasteiger partial charge in [0, 0.05) is 0 Å². The Morgan fingerprint density at radius 2 is 2.22 bits per heavy atom. The van der Waals surface area contributed by atoms with Gasteiger partial charge in [0.05, 0.1) is 6.61 Å². The average Bonchev–Trinajstić information content (AvgIpc) is 2.60. The van der Waals surface area contributed by atoms with E-state index < -0.39 is 0 Å². The molecule has 50 valence electrons. The molecule has 0 radical (unpaired) electrons. The van der Waals surface area contributed by atoms with E-state index in [2.05, 4.69) is 6.58 Å². The van der Waals surface area contributed by atoms with Gasteiger partial charge in [0.2, 0.25) is 0 Å². The standard InChI is InChI=1S/C8H12O/c1-7-4-2-3-5-8(7)6-9-8/h1-6H2. The van der Waals surface area contributed by atoms with Crippen molar-refractivity contribution in [1.29, 1.82) is 0 Å². The van der Waals surface area contributed by atoms with Crippen LogP contribution in [0.3, 0.4) is 0 Å². The van der Waals surface area contributed by atoms with Crippen molar-refractivity contribution in [3.63, 3.8) is 0 Å². The second kappa shape index (κ2) is 1.60. The monoisotopic (exact) mass is 124 g/mol. The van der Waals surface area contributed by atoms with Gasteiger partial charge < -0.3 is 4.74 Å². The smallest absolute Gasteiger partial charge is 0.112 e. The van der Waals surface area contributed by atoms with Crippen molar-refractivity contribution < 1.29 is 4.74 Å². The van der Waals surface area contributed by atoms with E-state index in [4.69, 9.17) is 4.74 Å². The van der Waals surface area contributed by atoms with Crippen LogP contribution in [0.15, 0.2) is 12.2 Å². The fourth-order valence-corrected chi connectivity index (χ4v) is 1.59. The third-order valence-electron chi connectivity index (χ3n) is 2.45. The van der Waals surface area contributed by atoms with Gasteiger partial charge in [-0.2, -0.15) is 0 Å². The molecule has 0 bridgehead atoms. The summed E-state index contributed by atoms with van der Waals surface area (Å²) in [6.07, 6.45) is 5.08. The average molecular weight is 124 g/mol. The molecular weight excluding hydrogens is 112 g/mol. The Bertz CT molecular complexity index is 145. The number of hydrogen-bond acceptors (Lipinski definition) is 1. The second-order valence-corrected chi connectivity index (χ2v) is 3.09. The first kappa shape index (κ1) is 5.48. The van der Waals surface area contributed by atoms with Gasteiger partial charge in [-0.05, 0) is 31.3 Å². The Labute approximate surface area is 55.7 Å². The fourth-order valence-electron chi connectivity index (χ4n) is 1.59. The predicted octanol–water partition coefficient (Wildman–Crippen LogP) is 1.89. The van der Waals surface area contributed by atoms with Gasteiger partial charge in [0.15, 0.2) is 0 Å². The summed E-state index contributed by atoms with van der Waals surface area (Å²) in [6.45, 7) is 4.95. The molecule has 0 N–H and O–H groups in total. The minimum Gasteiger partial charge on any atom is -0.365 e. The van der Waals surface area contributed by atoms with Gasteiger partial charge in [-0.25, -0.2) is 0 Å². The summed E-state index contributed by atoms with van der Waals surface area (Å²) < 4.78 is 5.35. The van der Waals surface area contributed by atoms with E-state index >= 15 is 0 Å². The van der Waals surface area contributed by atoms with E-state index in [0.29, 0.717) is 0 Å². The van der Waals surface area contributed by atoms with E-state index in [-0.39, 0.29) is 5.60 Å². The van der Waals surface area contributed by atoms with E-state index in [1.165, 1.54) is 31.3 Å². The number of ether oxygens (including phenoxy) is 1. The quantitative estimate of drug-likeness (QED) is 0.355. The summed E-state index contributed by atoms with van der Waals surface area (Å²) >= 11 is 0. The van der Waals surface area contributed by atoms with Crippen LogP contribution >= 0.6 is 0 Å². The minimum atomic E-state index is 0.193. The van der Waals surface area contributed by atoms with E-state index in [9.17, 15) is 0 Å². The fraction of sp³-hybridized carbons (Fsp3) is 0.750. The molecule has 1 nitrogen and oxygen atoms in total. The highest BCUT2D eigenvalue weighted by molar-refractivity contribution is 5.22. The largest absolute Gasteiger partial charge is 0.365 e. The van der Waals surface area contributed by atoms with Crippen LogP contribution in [-0.2, 0) is 4.74 Å². The molecule has 1 atom stereocenters. The zero-order chi connectivity index (χ0) is 6.32. The van der Waals surface area contributed by atoms with Crippen molar-refractivity contribution in [3.8, 4) is 0 Å². The number of hydrogen-bond donors (Lipinski definition) is 0. The summed E-state index contributed by atoms with van der Waals surface area (Å²) in [5.74, 6) is 0. The van der Waals surface area contributed by atoms with Gasteiger partial charge in [-0.3, -0.25) is 0 Å². The normalized spacial score (nSPS) is 41.6. The Balaban J connectivity index is 2.12. The summed E-state index contributed by atoms with van der Waals surface area (Å²) in [7, 11) is 0. The molecule has 1 unspecified atom stereocenters. The minimum absolute atomic E-state index is 0.193. The molecule has 1 spiro atoms. The molecule has 1 saturated heterocycles. The maximum atomic E-state index is 5.35. The third kappa shape index (κ3) is 0.715. The third-order valence-corrected chi connectivity index (χ3v) is 2.45. The highest BCUT2D eigenvalue weighted by atomic mass is 16.6. The van der Waals surface area contributed by atoms with Gasteiger partial charge >= 0.3 is 0 Å². The molecular formula is C8H12O. The van der Waals surface area contributed by atoms with Crippen molar-refractivity contribution in [2.75, 3.05) is 6.61 Å². The molecule has 2 rings (SSSR count). The van der Waals surface area contributed by atoms with Crippen LogP contribution in [-0.4, -0.2) is 12.2 Å². The summed E-state index contributed by atoms with van der Waals surface area (Å²) in [5.41, 5.74) is 1.53. The van der Waals surface area contributed by atoms with Crippen molar-refractivity contribution in [2.45, 2.75) is 31.3 Å². The van der Waals surface area contributed by atoms with E-state index in [1.54, 1.807) is 0 Å². The highest BCUT2D eigenvalue weighted by Crippen LogP contribution is 2.44. The molecule has 1 heterocycles. The van der Waals surface area contributed by atoms with E-state index in [1.807, 2.05) is 0 Å². The Morgan fingerprint density at radius 3 is 2.67 bits per heavy atom. The lowest BCUT2D eigenvalue weighted by atomic mass is 9.86. The van der Waals surface area contributed by atoms with Crippen LogP contribution in [0, 0.1) is 0 Å². The molecule has 1 aliphatic carbocycles. The van der Waals surface area contributed by atoms with Crippen LogP contribution < -0.4 is 0 Å². The maximum Gasteiger partial charge on any atom is 0.112 e. The molecule has 1 saturated carbocycles. The maximum absolute atomic E-state index is 5.35. The van der Waals surface area contributed by atoms with Crippen molar-refractivity contribution in [3.05, 3.63) is 12.2 Å². The van der Waals surface area contributed by atoms with Crippen molar-refractivity contribution in [2.24, 2.45) is 0 Å². The Kier molecular flexibility index (Phi) is 0.974. The number of rotatable bonds is 0. The SMILES string of the molecule is C=C1CCCCC12CO2. The first-order valence-electron chi connectivity index (χ1n) is 3.66. The van der Waals surface area contributed by atoms with Crippen LogP contribution in [0.25, 0.3) is 0 Å². The molecule has 1 aliphatic heterocycles. The molecule has 0 aromatic carbocycles. The zero-order valence-corrected chi connectivity index (χ0v) is 5.65. The van der Waals surface area contributed by atoms with Gasteiger partial charge in [0.1, 0.15) is 5.60 Å². The predicted molar refractivity (Wildman–Crippen MR) is 36.3 cm³/mol. The van der Waals surface area contributed by atoms with Gasteiger partial charge in [0.25, 0.3) is 0 Å². The van der Waals surface area contributed by atoms with Crippen molar-refractivity contribution >= 4 is 0 Å². The van der Waals surface area contributed by atoms with Gasteiger partial charge in [-0.15, -0.1) is 0 Å². The molecule has 0 aromatic rings. The first-order chi connectivity index (χ1) is 4.33. The Hall–Kier alpha value is -0.300. The summed E-state index contributed by atoms with van der Waals surface area (Å²) in [5, 5.41) is 0. The number of epoxide rings is 1. The van der Waals surface area contributed by atoms with Crippen LogP contribution in [0.4, 0.5) is 0 Å². The lowest BCUT2D eigenvalue weighted by Crippen LogP contribution is -2.17. The summed E-state index contributed by atoms with van der Waals surface area (Å²) in [6, 6.07) is 0. The molecule has 0 amide bonds.